The number of ether oxygens (including phenoxy) is 3. The van der Waals surface area contributed by atoms with Crippen molar-refractivity contribution < 1.29 is 28.6 Å². The lowest BCUT2D eigenvalue weighted by molar-refractivity contribution is -0.157. The van der Waals surface area contributed by atoms with Gasteiger partial charge in [-0.1, -0.05) is 6.08 Å². The van der Waals surface area contributed by atoms with E-state index in [1.54, 1.807) is 0 Å². The number of carbonyl (C=O) groups excluding carboxylic acids is 3. The molecule has 2 heterocycles. The van der Waals surface area contributed by atoms with Crippen molar-refractivity contribution in [2.45, 2.75) is 12.2 Å². The molecule has 0 N–H and O–H groups in total. The SMILES string of the molecule is COC(=O)[C@@H]1[C@@H](C(=O)OC)[C@H]2O[C@@H]1C=CC2=O. The van der Waals surface area contributed by atoms with Gasteiger partial charge in [0.1, 0.15) is 17.9 Å². The number of rotatable bonds is 2. The number of esters is 2. The van der Waals surface area contributed by atoms with Gasteiger partial charge < -0.3 is 14.2 Å². The minimum Gasteiger partial charge on any atom is -0.469 e. The normalized spacial score (nSPS) is 34.6. The van der Waals surface area contributed by atoms with Crippen LogP contribution < -0.4 is 0 Å². The maximum absolute atomic E-state index is 11.6. The van der Waals surface area contributed by atoms with Gasteiger partial charge in [0.25, 0.3) is 0 Å². The van der Waals surface area contributed by atoms with E-state index in [-0.39, 0.29) is 5.78 Å². The van der Waals surface area contributed by atoms with Crippen LogP contribution in [0.4, 0.5) is 0 Å². The molecule has 0 saturated carbocycles. The zero-order valence-electron chi connectivity index (χ0n) is 9.41. The van der Waals surface area contributed by atoms with E-state index in [9.17, 15) is 14.4 Å². The van der Waals surface area contributed by atoms with Crippen molar-refractivity contribution >= 4 is 17.7 Å². The van der Waals surface area contributed by atoms with Crippen LogP contribution in [0, 0.1) is 11.8 Å². The predicted octanol–water partition coefficient (Wildman–Crippen LogP) is -0.529. The largest absolute Gasteiger partial charge is 0.469 e. The van der Waals surface area contributed by atoms with Gasteiger partial charge in [0.15, 0.2) is 5.78 Å². The Morgan fingerprint density at radius 3 is 2.35 bits per heavy atom. The van der Waals surface area contributed by atoms with Crippen LogP contribution in [0.15, 0.2) is 12.2 Å². The Kier molecular flexibility index (Phi) is 2.97. The van der Waals surface area contributed by atoms with Crippen molar-refractivity contribution in [1.29, 1.82) is 0 Å². The zero-order chi connectivity index (χ0) is 12.6. The molecule has 2 rings (SSSR count). The van der Waals surface area contributed by atoms with Gasteiger partial charge in [-0.2, -0.15) is 0 Å². The summed E-state index contributed by atoms with van der Waals surface area (Å²) in [4.78, 5) is 34.8. The van der Waals surface area contributed by atoms with Crippen LogP contribution in [0.3, 0.4) is 0 Å². The van der Waals surface area contributed by atoms with Crippen LogP contribution in [-0.4, -0.2) is 44.1 Å². The van der Waals surface area contributed by atoms with Gasteiger partial charge >= 0.3 is 11.9 Å². The molecule has 17 heavy (non-hydrogen) atoms. The first kappa shape index (κ1) is 11.8. The van der Waals surface area contributed by atoms with Crippen molar-refractivity contribution in [2.75, 3.05) is 14.2 Å². The molecule has 6 nitrogen and oxygen atoms in total. The van der Waals surface area contributed by atoms with E-state index in [1.807, 2.05) is 0 Å². The fourth-order valence-corrected chi connectivity index (χ4v) is 2.25. The van der Waals surface area contributed by atoms with Gasteiger partial charge in [0, 0.05) is 0 Å². The maximum atomic E-state index is 11.6. The lowest BCUT2D eigenvalue weighted by Gasteiger charge is -2.16. The highest BCUT2D eigenvalue weighted by Crippen LogP contribution is 2.38. The lowest BCUT2D eigenvalue weighted by Crippen LogP contribution is -2.37. The Balaban J connectivity index is 2.35. The first-order valence-electron chi connectivity index (χ1n) is 5.13. The molecule has 0 aromatic heterocycles. The standard InChI is InChI=1S/C11H12O6/c1-15-10(13)7-6-4-3-5(12)9(17-6)8(7)11(14)16-2/h3-4,6-9H,1-2H3/t6-,7+,8-,9+/m1/s1. The van der Waals surface area contributed by atoms with E-state index in [0.29, 0.717) is 0 Å². The average Bonchev–Trinajstić information content (AvgIpc) is 2.67. The molecule has 0 aromatic carbocycles. The predicted molar refractivity (Wildman–Crippen MR) is 53.8 cm³/mol. The highest BCUT2D eigenvalue weighted by molar-refractivity contribution is 6.00. The first-order chi connectivity index (χ1) is 8.10. The maximum Gasteiger partial charge on any atom is 0.312 e. The third-order valence-electron chi connectivity index (χ3n) is 3.05. The quantitative estimate of drug-likeness (QED) is 0.604. The second kappa shape index (κ2) is 4.29. The Morgan fingerprint density at radius 2 is 1.76 bits per heavy atom. The second-order valence-corrected chi connectivity index (χ2v) is 3.88. The summed E-state index contributed by atoms with van der Waals surface area (Å²) >= 11 is 0. The van der Waals surface area contributed by atoms with Crippen LogP contribution >= 0.6 is 0 Å². The summed E-state index contributed by atoms with van der Waals surface area (Å²) in [6.45, 7) is 0. The Bertz CT molecular complexity index is 399. The molecular formula is C11H12O6. The second-order valence-electron chi connectivity index (χ2n) is 3.88. The van der Waals surface area contributed by atoms with E-state index in [0.717, 1.165) is 0 Å². The molecule has 2 aliphatic rings. The molecule has 0 unspecified atom stereocenters. The third-order valence-corrected chi connectivity index (χ3v) is 3.05. The molecule has 0 aromatic rings. The average molecular weight is 240 g/mol. The lowest BCUT2D eigenvalue weighted by atomic mass is 9.87. The minimum absolute atomic E-state index is 0.331. The van der Waals surface area contributed by atoms with Gasteiger partial charge in [0.05, 0.1) is 20.3 Å². The zero-order valence-corrected chi connectivity index (χ0v) is 9.41. The van der Waals surface area contributed by atoms with E-state index in [2.05, 4.69) is 9.47 Å². The van der Waals surface area contributed by atoms with Crippen molar-refractivity contribution in [3.8, 4) is 0 Å². The van der Waals surface area contributed by atoms with E-state index >= 15 is 0 Å². The molecule has 2 aliphatic heterocycles. The monoisotopic (exact) mass is 240 g/mol. The number of carbonyl (C=O) groups is 3. The van der Waals surface area contributed by atoms with Crippen LogP contribution in [0.25, 0.3) is 0 Å². The number of hydrogen-bond donors (Lipinski definition) is 0. The van der Waals surface area contributed by atoms with Crippen LogP contribution in [0.5, 0.6) is 0 Å². The molecule has 1 saturated heterocycles. The van der Waals surface area contributed by atoms with Crippen molar-refractivity contribution in [3.63, 3.8) is 0 Å². The highest BCUT2D eigenvalue weighted by atomic mass is 16.6. The third kappa shape index (κ3) is 1.74. The minimum atomic E-state index is -0.943. The number of methoxy groups -OCH3 is 2. The fourth-order valence-electron chi connectivity index (χ4n) is 2.25. The van der Waals surface area contributed by atoms with Crippen LogP contribution in [0.2, 0.25) is 0 Å². The van der Waals surface area contributed by atoms with Gasteiger partial charge in [-0.3, -0.25) is 14.4 Å². The molecule has 0 amide bonds. The summed E-state index contributed by atoms with van der Waals surface area (Å²) in [6, 6.07) is 0. The first-order valence-corrected chi connectivity index (χ1v) is 5.13. The van der Waals surface area contributed by atoms with E-state index in [1.165, 1.54) is 26.4 Å². The highest BCUT2D eigenvalue weighted by Gasteiger charge is 2.56. The molecule has 0 aliphatic carbocycles. The fraction of sp³-hybridized carbons (Fsp3) is 0.545. The smallest absolute Gasteiger partial charge is 0.312 e. The summed E-state index contributed by atoms with van der Waals surface area (Å²) in [6.07, 6.45) is 1.26. The van der Waals surface area contributed by atoms with E-state index < -0.39 is 36.0 Å². The van der Waals surface area contributed by atoms with E-state index in [4.69, 9.17) is 4.74 Å². The summed E-state index contributed by atoms with van der Waals surface area (Å²) < 4.78 is 14.6. The summed E-state index contributed by atoms with van der Waals surface area (Å²) in [5, 5.41) is 0. The topological polar surface area (TPSA) is 78.9 Å². The summed E-state index contributed by atoms with van der Waals surface area (Å²) in [7, 11) is 2.43. The molecule has 0 spiro atoms. The van der Waals surface area contributed by atoms with Crippen LogP contribution in [0.1, 0.15) is 0 Å². The van der Waals surface area contributed by atoms with Gasteiger partial charge in [-0.25, -0.2) is 0 Å². The number of hydrogen-bond acceptors (Lipinski definition) is 6. The molecule has 1 fully saturated rings. The molecule has 4 atom stereocenters. The van der Waals surface area contributed by atoms with Crippen molar-refractivity contribution in [2.24, 2.45) is 11.8 Å². The van der Waals surface area contributed by atoms with Gasteiger partial charge in [-0.15, -0.1) is 0 Å². The summed E-state index contributed by atoms with van der Waals surface area (Å²) in [5.41, 5.74) is 0. The van der Waals surface area contributed by atoms with Gasteiger partial charge in [-0.05, 0) is 6.08 Å². The number of ketones is 1. The Morgan fingerprint density at radius 1 is 1.18 bits per heavy atom. The Hall–Kier alpha value is -1.69. The molecule has 0 radical (unpaired) electrons. The number of fused-ring (bicyclic) bond motifs is 2. The molecule has 6 heteroatoms. The van der Waals surface area contributed by atoms with Gasteiger partial charge in [0.2, 0.25) is 0 Å². The van der Waals surface area contributed by atoms with Crippen molar-refractivity contribution in [3.05, 3.63) is 12.2 Å². The molecular weight excluding hydrogens is 228 g/mol. The van der Waals surface area contributed by atoms with Crippen molar-refractivity contribution in [1.82, 2.24) is 0 Å². The van der Waals surface area contributed by atoms with Crippen LogP contribution in [-0.2, 0) is 28.6 Å². The molecule has 2 bridgehead atoms. The molecule has 92 valence electrons. The summed E-state index contributed by atoms with van der Waals surface area (Å²) in [5.74, 6) is -3.29. The Labute approximate surface area is 97.5 Å².